The van der Waals surface area contributed by atoms with Crippen LogP contribution in [0.25, 0.3) is 0 Å². The van der Waals surface area contributed by atoms with Crippen molar-refractivity contribution in [1.82, 2.24) is 10.2 Å². The van der Waals surface area contributed by atoms with Crippen LogP contribution in [0.1, 0.15) is 65.2 Å². The maximum Gasteiger partial charge on any atom is 0.251 e. The summed E-state index contributed by atoms with van der Waals surface area (Å²) in [5, 5.41) is 3.31. The molecule has 2 aliphatic heterocycles. The minimum absolute atomic E-state index is 0.0295. The number of carbonyl (C=O) groups excluding carboxylic acids is 1. The van der Waals surface area contributed by atoms with Gasteiger partial charge in [-0.1, -0.05) is 25.1 Å². The van der Waals surface area contributed by atoms with Crippen LogP contribution in [0.3, 0.4) is 0 Å². The molecule has 0 saturated carbocycles. The Kier molecular flexibility index (Phi) is 5.65. The first kappa shape index (κ1) is 18.7. The number of rotatable bonds is 6. The van der Waals surface area contributed by atoms with Crippen LogP contribution >= 0.6 is 11.3 Å². The van der Waals surface area contributed by atoms with Crippen molar-refractivity contribution in [3.63, 3.8) is 0 Å². The second kappa shape index (κ2) is 8.15. The molecular weight excluding hydrogens is 352 g/mol. The largest absolute Gasteiger partial charge is 0.344 e. The monoisotopic (exact) mass is 382 g/mol. The number of amides is 1. The zero-order chi connectivity index (χ0) is 18.8. The summed E-state index contributed by atoms with van der Waals surface area (Å²) in [5.41, 5.74) is 0.739. The fourth-order valence-electron chi connectivity index (χ4n) is 4.95. The summed E-state index contributed by atoms with van der Waals surface area (Å²) < 4.78 is 0. The molecule has 1 aromatic carbocycles. The summed E-state index contributed by atoms with van der Waals surface area (Å²) in [4.78, 5) is 18.1. The first-order valence-electron chi connectivity index (χ1n) is 10.3. The Labute approximate surface area is 166 Å². The molecule has 2 aromatic rings. The van der Waals surface area contributed by atoms with Crippen molar-refractivity contribution in [2.45, 2.75) is 64.1 Å². The van der Waals surface area contributed by atoms with Gasteiger partial charge in [0.25, 0.3) is 5.91 Å². The molecular formula is C23H30N2OS. The molecule has 0 spiro atoms. The van der Waals surface area contributed by atoms with Gasteiger partial charge in [0.2, 0.25) is 0 Å². The number of aryl methyl sites for hydroxylation is 1. The van der Waals surface area contributed by atoms with Crippen LogP contribution in [0, 0.1) is 12.8 Å². The Morgan fingerprint density at radius 3 is 2.48 bits per heavy atom. The highest BCUT2D eigenvalue weighted by Gasteiger charge is 2.39. The summed E-state index contributed by atoms with van der Waals surface area (Å²) in [6.45, 7) is 5.62. The zero-order valence-corrected chi connectivity index (χ0v) is 17.2. The molecule has 2 unspecified atom stereocenters. The van der Waals surface area contributed by atoms with Crippen molar-refractivity contribution in [3.05, 3.63) is 57.8 Å². The van der Waals surface area contributed by atoms with Gasteiger partial charge in [-0.2, -0.15) is 0 Å². The minimum Gasteiger partial charge on any atom is -0.344 e. The average molecular weight is 383 g/mol. The maximum atomic E-state index is 12.8. The average Bonchev–Trinajstić information content (AvgIpc) is 3.20. The number of nitrogens with zero attached hydrogens (tertiary/aromatic N) is 1. The Balaban J connectivity index is 1.45. The van der Waals surface area contributed by atoms with E-state index in [1.165, 1.54) is 35.4 Å². The molecule has 2 fully saturated rings. The van der Waals surface area contributed by atoms with Crippen molar-refractivity contribution in [1.29, 1.82) is 0 Å². The van der Waals surface area contributed by atoms with Gasteiger partial charge in [-0.3, -0.25) is 9.69 Å². The van der Waals surface area contributed by atoms with Crippen molar-refractivity contribution >= 4 is 17.2 Å². The summed E-state index contributed by atoms with van der Waals surface area (Å²) in [5.74, 6) is 0.897. The highest BCUT2D eigenvalue weighted by atomic mass is 32.1. The molecule has 3 atom stereocenters. The van der Waals surface area contributed by atoms with Gasteiger partial charge in [0, 0.05) is 33.9 Å². The summed E-state index contributed by atoms with van der Waals surface area (Å²) in [6.07, 6.45) is 6.38. The Morgan fingerprint density at radius 2 is 1.85 bits per heavy atom. The lowest BCUT2D eigenvalue weighted by atomic mass is 9.92. The topological polar surface area (TPSA) is 32.3 Å². The van der Waals surface area contributed by atoms with Crippen LogP contribution < -0.4 is 5.32 Å². The van der Waals surface area contributed by atoms with Crippen molar-refractivity contribution < 1.29 is 4.79 Å². The number of hydrogen-bond donors (Lipinski definition) is 1. The smallest absolute Gasteiger partial charge is 0.251 e. The number of nitrogens with one attached hydrogen (secondary N) is 1. The number of carbonyl (C=O) groups is 1. The maximum absolute atomic E-state index is 12.8. The second-order valence-corrected chi connectivity index (χ2v) is 9.65. The third kappa shape index (κ3) is 4.27. The van der Waals surface area contributed by atoms with Crippen LogP contribution in [-0.2, 0) is 0 Å². The number of benzene rings is 1. The first-order chi connectivity index (χ1) is 13.1. The summed E-state index contributed by atoms with van der Waals surface area (Å²) in [7, 11) is 0. The summed E-state index contributed by atoms with van der Waals surface area (Å²) >= 11 is 1.80. The Hall–Kier alpha value is -1.65. The van der Waals surface area contributed by atoms with Crippen LogP contribution in [-0.4, -0.2) is 29.4 Å². The lowest BCUT2D eigenvalue weighted by Crippen LogP contribution is -2.43. The molecule has 3 nitrogen and oxygen atoms in total. The van der Waals surface area contributed by atoms with E-state index < -0.39 is 0 Å². The summed E-state index contributed by atoms with van der Waals surface area (Å²) in [6, 6.07) is 15.5. The van der Waals surface area contributed by atoms with E-state index in [1.807, 2.05) is 30.3 Å². The number of hydrogen-bond acceptors (Lipinski definition) is 3. The molecule has 4 heteroatoms. The molecule has 4 rings (SSSR count). The van der Waals surface area contributed by atoms with E-state index in [0.717, 1.165) is 36.5 Å². The highest BCUT2D eigenvalue weighted by molar-refractivity contribution is 7.12. The van der Waals surface area contributed by atoms with Gasteiger partial charge >= 0.3 is 0 Å². The molecule has 0 aliphatic carbocycles. The molecule has 2 aliphatic rings. The third-order valence-corrected chi connectivity index (χ3v) is 7.36. The standard InChI is InChI=1S/C23H30N2OS/c1-16-14-19-9-10-20(15-16)25(19)13-12-21(22-11-8-17(2)27-22)24-23(26)18-6-4-3-5-7-18/h3-8,11,16,19-21H,9-10,12-15H2,1-2H3,(H,24,26)/t16?,19?,20?,21-/m0/s1. The predicted molar refractivity (Wildman–Crippen MR) is 112 cm³/mol. The molecule has 3 heterocycles. The van der Waals surface area contributed by atoms with E-state index in [0.29, 0.717) is 0 Å². The van der Waals surface area contributed by atoms with Crippen LogP contribution in [0.15, 0.2) is 42.5 Å². The SMILES string of the molecule is Cc1ccc([C@H](CCN2C3CCC2CC(C)C3)NC(=O)c2ccccc2)s1. The fourth-order valence-corrected chi connectivity index (χ4v) is 5.91. The molecule has 1 amide bonds. The predicted octanol–water partition coefficient (Wildman–Crippen LogP) is 5.18. The van der Waals surface area contributed by atoms with Gasteiger partial charge in [0.05, 0.1) is 6.04 Å². The quantitative estimate of drug-likeness (QED) is 0.746. The van der Waals surface area contributed by atoms with Gasteiger partial charge in [0.15, 0.2) is 0 Å². The van der Waals surface area contributed by atoms with Crippen molar-refractivity contribution in [3.8, 4) is 0 Å². The van der Waals surface area contributed by atoms with Gasteiger partial charge in [0.1, 0.15) is 0 Å². The lowest BCUT2D eigenvalue weighted by Gasteiger charge is -2.38. The van der Waals surface area contributed by atoms with Crippen LogP contribution in [0.4, 0.5) is 0 Å². The minimum atomic E-state index is 0.0295. The Morgan fingerprint density at radius 1 is 1.15 bits per heavy atom. The van der Waals surface area contributed by atoms with Gasteiger partial charge < -0.3 is 5.32 Å². The van der Waals surface area contributed by atoms with Crippen molar-refractivity contribution in [2.24, 2.45) is 5.92 Å². The molecule has 2 bridgehead atoms. The zero-order valence-electron chi connectivity index (χ0n) is 16.4. The number of piperidine rings is 1. The molecule has 1 aromatic heterocycles. The van der Waals surface area contributed by atoms with E-state index in [4.69, 9.17) is 0 Å². The lowest BCUT2D eigenvalue weighted by molar-refractivity contribution is 0.0901. The van der Waals surface area contributed by atoms with Crippen LogP contribution in [0.2, 0.25) is 0 Å². The molecule has 0 radical (unpaired) electrons. The van der Waals surface area contributed by atoms with Gasteiger partial charge in [-0.15, -0.1) is 11.3 Å². The molecule has 2 saturated heterocycles. The van der Waals surface area contributed by atoms with E-state index in [1.54, 1.807) is 11.3 Å². The molecule has 144 valence electrons. The molecule has 1 N–H and O–H groups in total. The number of thiophene rings is 1. The van der Waals surface area contributed by atoms with Crippen molar-refractivity contribution in [2.75, 3.05) is 6.54 Å². The van der Waals surface area contributed by atoms with E-state index in [-0.39, 0.29) is 11.9 Å². The third-order valence-electron chi connectivity index (χ3n) is 6.24. The fraction of sp³-hybridized carbons (Fsp3) is 0.522. The van der Waals surface area contributed by atoms with Crippen LogP contribution in [0.5, 0.6) is 0 Å². The van der Waals surface area contributed by atoms with Gasteiger partial charge in [-0.05, 0) is 69.2 Å². The number of fused-ring (bicyclic) bond motifs is 2. The highest BCUT2D eigenvalue weighted by Crippen LogP contribution is 2.39. The van der Waals surface area contributed by atoms with E-state index in [9.17, 15) is 4.79 Å². The molecule has 27 heavy (non-hydrogen) atoms. The first-order valence-corrected chi connectivity index (χ1v) is 11.1. The van der Waals surface area contributed by atoms with E-state index >= 15 is 0 Å². The Bertz CT molecular complexity index is 758. The second-order valence-electron chi connectivity index (χ2n) is 8.33. The van der Waals surface area contributed by atoms with Gasteiger partial charge in [-0.25, -0.2) is 0 Å². The normalized spacial score (nSPS) is 26.1. The van der Waals surface area contributed by atoms with E-state index in [2.05, 4.69) is 36.2 Å².